The summed E-state index contributed by atoms with van der Waals surface area (Å²) in [5, 5.41) is 8.88. The molecule has 0 aliphatic rings. The molecule has 23 heavy (non-hydrogen) atoms. The first-order valence-corrected chi connectivity index (χ1v) is 7.47. The zero-order valence-corrected chi connectivity index (χ0v) is 12.9. The van der Waals surface area contributed by atoms with Gasteiger partial charge in [0.2, 0.25) is 0 Å². The second-order valence-corrected chi connectivity index (χ2v) is 5.39. The highest BCUT2D eigenvalue weighted by atomic mass is 16.5. The SMILES string of the molecule is Cn1c(CCOc2ccccc2)nc2cc(CC(=O)O)ccc21. The monoisotopic (exact) mass is 310 g/mol. The Bertz CT molecular complexity index is 825. The first kappa shape index (κ1) is 15.1. The molecule has 0 bridgehead atoms. The lowest BCUT2D eigenvalue weighted by atomic mass is 10.1. The molecule has 1 heterocycles. The summed E-state index contributed by atoms with van der Waals surface area (Å²) in [6.45, 7) is 0.545. The third-order valence-corrected chi connectivity index (χ3v) is 3.73. The topological polar surface area (TPSA) is 64.4 Å². The smallest absolute Gasteiger partial charge is 0.307 e. The molecule has 0 radical (unpaired) electrons. The Morgan fingerprint density at radius 3 is 2.74 bits per heavy atom. The summed E-state index contributed by atoms with van der Waals surface area (Å²) in [5.74, 6) is 0.926. The van der Waals surface area contributed by atoms with Gasteiger partial charge in [-0.15, -0.1) is 0 Å². The van der Waals surface area contributed by atoms with Gasteiger partial charge < -0.3 is 14.4 Å². The van der Waals surface area contributed by atoms with Crippen LogP contribution in [0, 0.1) is 0 Å². The second-order valence-electron chi connectivity index (χ2n) is 5.39. The summed E-state index contributed by atoms with van der Waals surface area (Å²) >= 11 is 0. The number of benzene rings is 2. The summed E-state index contributed by atoms with van der Waals surface area (Å²) < 4.78 is 7.73. The molecular weight excluding hydrogens is 292 g/mol. The highest BCUT2D eigenvalue weighted by Crippen LogP contribution is 2.18. The first-order chi connectivity index (χ1) is 11.1. The Hall–Kier alpha value is -2.82. The van der Waals surface area contributed by atoms with E-state index >= 15 is 0 Å². The van der Waals surface area contributed by atoms with E-state index in [0.29, 0.717) is 13.0 Å². The van der Waals surface area contributed by atoms with E-state index in [-0.39, 0.29) is 6.42 Å². The molecule has 3 rings (SSSR count). The molecule has 0 atom stereocenters. The summed E-state index contributed by atoms with van der Waals surface area (Å²) in [4.78, 5) is 15.4. The van der Waals surface area contributed by atoms with Gasteiger partial charge in [0.1, 0.15) is 11.6 Å². The number of aryl methyl sites for hydroxylation is 1. The Kier molecular flexibility index (Phi) is 4.28. The predicted molar refractivity (Wildman–Crippen MR) is 87.7 cm³/mol. The molecule has 0 aliphatic heterocycles. The lowest BCUT2D eigenvalue weighted by molar-refractivity contribution is -0.136. The van der Waals surface area contributed by atoms with Crippen LogP contribution in [0.3, 0.4) is 0 Å². The molecule has 1 aromatic heterocycles. The Balaban J connectivity index is 1.73. The molecule has 0 spiro atoms. The van der Waals surface area contributed by atoms with Crippen molar-refractivity contribution in [3.05, 3.63) is 59.9 Å². The van der Waals surface area contributed by atoms with Gasteiger partial charge >= 0.3 is 5.97 Å². The maximum Gasteiger partial charge on any atom is 0.307 e. The molecule has 5 nitrogen and oxygen atoms in total. The number of rotatable bonds is 6. The number of ether oxygens (including phenoxy) is 1. The van der Waals surface area contributed by atoms with E-state index in [2.05, 4.69) is 4.98 Å². The number of hydrogen-bond acceptors (Lipinski definition) is 3. The van der Waals surface area contributed by atoms with Gasteiger partial charge in [-0.25, -0.2) is 4.98 Å². The van der Waals surface area contributed by atoms with Crippen LogP contribution in [0.15, 0.2) is 48.5 Å². The van der Waals surface area contributed by atoms with Gasteiger partial charge in [-0.3, -0.25) is 4.79 Å². The number of aromatic nitrogens is 2. The molecule has 118 valence electrons. The minimum absolute atomic E-state index is 0.0129. The standard InChI is InChI=1S/C18H18N2O3/c1-20-16-8-7-13(12-18(21)22)11-15(16)19-17(20)9-10-23-14-5-3-2-4-6-14/h2-8,11H,9-10,12H2,1H3,(H,21,22). The number of carbonyl (C=O) groups is 1. The lowest BCUT2D eigenvalue weighted by Crippen LogP contribution is -2.06. The number of para-hydroxylation sites is 1. The van der Waals surface area contributed by atoms with Gasteiger partial charge in [0.15, 0.2) is 0 Å². The average Bonchev–Trinajstić information content (AvgIpc) is 2.84. The normalized spacial score (nSPS) is 10.8. The highest BCUT2D eigenvalue weighted by Gasteiger charge is 2.10. The van der Waals surface area contributed by atoms with E-state index in [9.17, 15) is 4.79 Å². The molecule has 0 fully saturated rings. The minimum atomic E-state index is -0.836. The number of imidazole rings is 1. The Labute approximate surface area is 134 Å². The van der Waals surface area contributed by atoms with Crippen LogP contribution in [0.4, 0.5) is 0 Å². The summed E-state index contributed by atoms with van der Waals surface area (Å²) in [7, 11) is 1.96. The van der Waals surface area contributed by atoms with Crippen LogP contribution in [0.5, 0.6) is 5.75 Å². The van der Waals surface area contributed by atoms with E-state index in [1.165, 1.54) is 0 Å². The number of hydrogen-bond donors (Lipinski definition) is 1. The molecule has 5 heteroatoms. The maximum atomic E-state index is 10.8. The minimum Gasteiger partial charge on any atom is -0.493 e. The van der Waals surface area contributed by atoms with Crippen LogP contribution >= 0.6 is 0 Å². The van der Waals surface area contributed by atoms with Crippen molar-refractivity contribution in [3.63, 3.8) is 0 Å². The van der Waals surface area contributed by atoms with Gasteiger partial charge in [-0.1, -0.05) is 24.3 Å². The third-order valence-electron chi connectivity index (χ3n) is 3.73. The van der Waals surface area contributed by atoms with Gasteiger partial charge in [0.25, 0.3) is 0 Å². The average molecular weight is 310 g/mol. The van der Waals surface area contributed by atoms with Crippen molar-refractivity contribution in [2.45, 2.75) is 12.8 Å². The number of nitrogens with zero attached hydrogens (tertiary/aromatic N) is 2. The first-order valence-electron chi connectivity index (χ1n) is 7.47. The highest BCUT2D eigenvalue weighted by molar-refractivity contribution is 5.79. The van der Waals surface area contributed by atoms with Crippen molar-refractivity contribution >= 4 is 17.0 Å². The number of carboxylic acid groups (broad SMARTS) is 1. The van der Waals surface area contributed by atoms with Crippen molar-refractivity contribution in [2.75, 3.05) is 6.61 Å². The number of aliphatic carboxylic acids is 1. The molecule has 0 saturated carbocycles. The fourth-order valence-corrected chi connectivity index (χ4v) is 2.58. The molecule has 0 amide bonds. The lowest BCUT2D eigenvalue weighted by Gasteiger charge is -2.06. The zero-order chi connectivity index (χ0) is 16.2. The van der Waals surface area contributed by atoms with Crippen molar-refractivity contribution < 1.29 is 14.6 Å². The molecule has 3 aromatic rings. The zero-order valence-electron chi connectivity index (χ0n) is 12.9. The second kappa shape index (κ2) is 6.52. The Morgan fingerprint density at radius 1 is 1.22 bits per heavy atom. The van der Waals surface area contributed by atoms with Gasteiger partial charge in [0.05, 0.1) is 24.1 Å². The van der Waals surface area contributed by atoms with Crippen molar-refractivity contribution in [2.24, 2.45) is 7.05 Å². The van der Waals surface area contributed by atoms with Crippen LogP contribution in [0.25, 0.3) is 11.0 Å². The predicted octanol–water partition coefficient (Wildman–Crippen LogP) is 2.82. The number of fused-ring (bicyclic) bond motifs is 1. The molecule has 0 unspecified atom stereocenters. The fourth-order valence-electron chi connectivity index (χ4n) is 2.58. The number of carboxylic acids is 1. The molecule has 2 aromatic carbocycles. The van der Waals surface area contributed by atoms with Crippen LogP contribution in [-0.2, 0) is 24.7 Å². The molecule has 0 aliphatic carbocycles. The van der Waals surface area contributed by atoms with Crippen molar-refractivity contribution in [1.29, 1.82) is 0 Å². The van der Waals surface area contributed by atoms with Crippen molar-refractivity contribution in [3.8, 4) is 5.75 Å². The molecule has 1 N–H and O–H groups in total. The largest absolute Gasteiger partial charge is 0.493 e. The van der Waals surface area contributed by atoms with Crippen LogP contribution in [0.1, 0.15) is 11.4 Å². The van der Waals surface area contributed by atoms with Crippen LogP contribution in [-0.4, -0.2) is 27.2 Å². The van der Waals surface area contributed by atoms with Gasteiger partial charge in [0, 0.05) is 13.5 Å². The maximum absolute atomic E-state index is 10.8. The molecule has 0 saturated heterocycles. The van der Waals surface area contributed by atoms with Crippen LogP contribution < -0.4 is 4.74 Å². The van der Waals surface area contributed by atoms with Crippen LogP contribution in [0.2, 0.25) is 0 Å². The Morgan fingerprint density at radius 2 is 2.00 bits per heavy atom. The van der Waals surface area contributed by atoms with E-state index in [1.807, 2.05) is 60.1 Å². The van der Waals surface area contributed by atoms with Gasteiger partial charge in [-0.2, -0.15) is 0 Å². The van der Waals surface area contributed by atoms with E-state index in [0.717, 1.165) is 28.2 Å². The quantitative estimate of drug-likeness (QED) is 0.760. The van der Waals surface area contributed by atoms with Gasteiger partial charge in [-0.05, 0) is 29.8 Å². The molecular formula is C18H18N2O3. The van der Waals surface area contributed by atoms with E-state index in [4.69, 9.17) is 9.84 Å². The fraction of sp³-hybridized carbons (Fsp3) is 0.222. The van der Waals surface area contributed by atoms with E-state index in [1.54, 1.807) is 0 Å². The van der Waals surface area contributed by atoms with E-state index < -0.39 is 5.97 Å². The van der Waals surface area contributed by atoms with Crippen molar-refractivity contribution in [1.82, 2.24) is 9.55 Å². The third kappa shape index (κ3) is 3.51. The summed E-state index contributed by atoms with van der Waals surface area (Å²) in [6, 6.07) is 15.3. The summed E-state index contributed by atoms with van der Waals surface area (Å²) in [6.07, 6.45) is 0.702. The summed E-state index contributed by atoms with van der Waals surface area (Å²) in [5.41, 5.74) is 2.57.